The zero-order valence-electron chi connectivity index (χ0n) is 14.9. The van der Waals surface area contributed by atoms with E-state index in [4.69, 9.17) is 17.3 Å². The summed E-state index contributed by atoms with van der Waals surface area (Å²) < 4.78 is 0. The van der Waals surface area contributed by atoms with Crippen molar-refractivity contribution in [3.8, 4) is 0 Å². The predicted octanol–water partition coefficient (Wildman–Crippen LogP) is 4.43. The zero-order valence-corrected chi connectivity index (χ0v) is 15.7. The molecule has 0 saturated heterocycles. The van der Waals surface area contributed by atoms with Crippen LogP contribution in [0.5, 0.6) is 0 Å². The number of aromatic nitrogens is 2. The summed E-state index contributed by atoms with van der Waals surface area (Å²) in [7, 11) is 1.62. The number of anilines is 5. The van der Waals surface area contributed by atoms with E-state index in [9.17, 15) is 4.79 Å². The first-order valence-corrected chi connectivity index (χ1v) is 8.55. The maximum atomic E-state index is 12.5. The molecule has 0 bridgehead atoms. The number of nitrogens with one attached hydrogen (secondary N) is 2. The lowest BCUT2D eigenvalue weighted by molar-refractivity contribution is 0.258. The van der Waals surface area contributed by atoms with E-state index in [1.807, 2.05) is 31.2 Å². The van der Waals surface area contributed by atoms with Gasteiger partial charge in [0.2, 0.25) is 0 Å². The van der Waals surface area contributed by atoms with Crippen LogP contribution in [0.3, 0.4) is 0 Å². The van der Waals surface area contributed by atoms with Gasteiger partial charge in [0.05, 0.1) is 10.7 Å². The van der Waals surface area contributed by atoms with Crippen LogP contribution in [0.2, 0.25) is 5.02 Å². The van der Waals surface area contributed by atoms with Crippen LogP contribution in [0.25, 0.3) is 0 Å². The van der Waals surface area contributed by atoms with Crippen molar-refractivity contribution in [1.29, 1.82) is 0 Å². The first-order chi connectivity index (χ1) is 12.9. The Morgan fingerprint density at radius 3 is 2.59 bits per heavy atom. The Morgan fingerprint density at radius 2 is 1.85 bits per heavy atom. The largest absolute Gasteiger partial charge is 0.399 e. The number of amides is 2. The third-order valence-electron chi connectivity index (χ3n) is 3.85. The summed E-state index contributed by atoms with van der Waals surface area (Å²) in [5, 5.41) is 6.40. The van der Waals surface area contributed by atoms with Crippen molar-refractivity contribution >= 4 is 46.3 Å². The van der Waals surface area contributed by atoms with Gasteiger partial charge < -0.3 is 16.4 Å². The van der Waals surface area contributed by atoms with Gasteiger partial charge in [-0.25, -0.2) is 14.8 Å². The molecule has 7 nitrogen and oxygen atoms in total. The quantitative estimate of drug-likeness (QED) is 0.580. The first-order valence-electron chi connectivity index (χ1n) is 8.18. The minimum atomic E-state index is -0.361. The van der Waals surface area contributed by atoms with Gasteiger partial charge in [0.1, 0.15) is 18.0 Å². The van der Waals surface area contributed by atoms with Crippen LogP contribution in [0.15, 0.2) is 54.9 Å². The number of aryl methyl sites for hydroxylation is 1. The number of benzene rings is 2. The molecule has 27 heavy (non-hydrogen) atoms. The Morgan fingerprint density at radius 1 is 1.11 bits per heavy atom. The Balaban J connectivity index is 1.74. The van der Waals surface area contributed by atoms with Gasteiger partial charge in [-0.3, -0.25) is 4.90 Å². The van der Waals surface area contributed by atoms with Crippen LogP contribution in [0, 0.1) is 6.92 Å². The number of rotatable bonds is 4. The summed E-state index contributed by atoms with van der Waals surface area (Å²) in [6.07, 6.45) is 1.39. The standard InChI is InChI=1S/C19H19ClN6O/c1-12-3-8-15(20)16(9-12)25-19(27)26(2)18-10-17(22-11-23-18)24-14-6-4-13(21)5-7-14/h3-11H,21H2,1-2H3,(H,25,27)(H,22,23,24). The molecule has 0 radical (unpaired) electrons. The monoisotopic (exact) mass is 382 g/mol. The number of nitrogen functional groups attached to an aromatic ring is 1. The van der Waals surface area contributed by atoms with Gasteiger partial charge in [-0.15, -0.1) is 0 Å². The number of urea groups is 1. The van der Waals surface area contributed by atoms with Crippen molar-refractivity contribution in [2.45, 2.75) is 6.92 Å². The Hall–Kier alpha value is -3.32. The van der Waals surface area contributed by atoms with E-state index in [1.54, 1.807) is 31.3 Å². The Labute approximate surface area is 162 Å². The third kappa shape index (κ3) is 4.65. The van der Waals surface area contributed by atoms with Gasteiger partial charge in [-0.05, 0) is 48.9 Å². The molecular weight excluding hydrogens is 364 g/mol. The third-order valence-corrected chi connectivity index (χ3v) is 4.18. The Bertz CT molecular complexity index is 961. The lowest BCUT2D eigenvalue weighted by Gasteiger charge is -2.18. The summed E-state index contributed by atoms with van der Waals surface area (Å²) in [6, 6.07) is 14.0. The summed E-state index contributed by atoms with van der Waals surface area (Å²) in [6.45, 7) is 1.93. The van der Waals surface area contributed by atoms with E-state index in [0.717, 1.165) is 11.3 Å². The molecule has 1 aromatic heterocycles. The van der Waals surface area contributed by atoms with E-state index in [0.29, 0.717) is 28.0 Å². The molecule has 0 spiro atoms. The van der Waals surface area contributed by atoms with Crippen molar-refractivity contribution in [2.24, 2.45) is 0 Å². The van der Waals surface area contributed by atoms with Gasteiger partial charge in [0, 0.05) is 24.5 Å². The van der Waals surface area contributed by atoms with Crippen molar-refractivity contribution in [2.75, 3.05) is 28.3 Å². The van der Waals surface area contributed by atoms with Gasteiger partial charge in [0.15, 0.2) is 0 Å². The predicted molar refractivity (Wildman–Crippen MR) is 110 cm³/mol. The van der Waals surface area contributed by atoms with Crippen molar-refractivity contribution in [3.05, 3.63) is 65.4 Å². The summed E-state index contributed by atoms with van der Waals surface area (Å²) in [5.41, 5.74) is 8.73. The maximum absolute atomic E-state index is 12.5. The van der Waals surface area contributed by atoms with E-state index in [-0.39, 0.29) is 6.03 Å². The van der Waals surface area contributed by atoms with Crippen molar-refractivity contribution < 1.29 is 4.79 Å². The molecule has 0 aliphatic rings. The van der Waals surface area contributed by atoms with E-state index < -0.39 is 0 Å². The molecule has 3 rings (SSSR count). The average molecular weight is 383 g/mol. The molecular formula is C19H19ClN6O. The second-order valence-electron chi connectivity index (χ2n) is 5.98. The summed E-state index contributed by atoms with van der Waals surface area (Å²) in [5.74, 6) is 0.988. The number of hydrogen-bond donors (Lipinski definition) is 3. The van der Waals surface area contributed by atoms with Crippen LogP contribution < -0.4 is 21.3 Å². The molecule has 0 aliphatic heterocycles. The highest BCUT2D eigenvalue weighted by Gasteiger charge is 2.14. The van der Waals surface area contributed by atoms with E-state index in [1.165, 1.54) is 11.2 Å². The van der Waals surface area contributed by atoms with Crippen LogP contribution >= 0.6 is 11.6 Å². The maximum Gasteiger partial charge on any atom is 0.327 e. The molecule has 4 N–H and O–H groups in total. The zero-order chi connectivity index (χ0) is 19.4. The molecule has 3 aromatic rings. The molecule has 2 aromatic carbocycles. The van der Waals surface area contributed by atoms with Gasteiger partial charge >= 0.3 is 6.03 Å². The molecule has 0 aliphatic carbocycles. The SMILES string of the molecule is Cc1ccc(Cl)c(NC(=O)N(C)c2cc(Nc3ccc(N)cc3)ncn2)c1. The number of hydrogen-bond acceptors (Lipinski definition) is 5. The van der Waals surface area contributed by atoms with Crippen LogP contribution in [-0.2, 0) is 0 Å². The topological polar surface area (TPSA) is 96.2 Å². The first kappa shape index (κ1) is 18.5. The fourth-order valence-electron chi connectivity index (χ4n) is 2.35. The summed E-state index contributed by atoms with van der Waals surface area (Å²) in [4.78, 5) is 22.3. The van der Waals surface area contributed by atoms with Crippen LogP contribution in [0.4, 0.5) is 33.5 Å². The number of nitrogens with zero attached hydrogens (tertiary/aromatic N) is 3. The molecule has 0 fully saturated rings. The van der Waals surface area contributed by atoms with E-state index in [2.05, 4.69) is 20.6 Å². The number of nitrogens with two attached hydrogens (primary N) is 1. The minimum Gasteiger partial charge on any atom is -0.399 e. The normalized spacial score (nSPS) is 10.3. The van der Waals surface area contributed by atoms with Gasteiger partial charge in [0.25, 0.3) is 0 Å². The molecule has 0 saturated carbocycles. The highest BCUT2D eigenvalue weighted by molar-refractivity contribution is 6.33. The van der Waals surface area contributed by atoms with Gasteiger partial charge in [-0.1, -0.05) is 17.7 Å². The highest BCUT2D eigenvalue weighted by atomic mass is 35.5. The number of carbonyl (C=O) groups is 1. The Kier molecular flexibility index (Phi) is 5.42. The smallest absolute Gasteiger partial charge is 0.327 e. The van der Waals surface area contributed by atoms with E-state index >= 15 is 0 Å². The average Bonchev–Trinajstić information content (AvgIpc) is 2.66. The second kappa shape index (κ2) is 7.92. The van der Waals surface area contributed by atoms with Gasteiger partial charge in [-0.2, -0.15) is 0 Å². The van der Waals surface area contributed by atoms with Crippen molar-refractivity contribution in [3.63, 3.8) is 0 Å². The molecule has 0 atom stereocenters. The number of halogens is 1. The van der Waals surface area contributed by atoms with Crippen LogP contribution in [-0.4, -0.2) is 23.0 Å². The van der Waals surface area contributed by atoms with Crippen LogP contribution in [0.1, 0.15) is 5.56 Å². The molecule has 1 heterocycles. The summed E-state index contributed by atoms with van der Waals surface area (Å²) >= 11 is 6.14. The minimum absolute atomic E-state index is 0.361. The highest BCUT2D eigenvalue weighted by Crippen LogP contribution is 2.24. The fraction of sp³-hybridized carbons (Fsp3) is 0.105. The lowest BCUT2D eigenvalue weighted by Crippen LogP contribution is -2.32. The second-order valence-corrected chi connectivity index (χ2v) is 6.39. The molecule has 8 heteroatoms. The van der Waals surface area contributed by atoms with Crippen molar-refractivity contribution in [1.82, 2.24) is 9.97 Å². The molecule has 138 valence electrons. The number of carbonyl (C=O) groups excluding carboxylic acids is 1. The fourth-order valence-corrected chi connectivity index (χ4v) is 2.52. The molecule has 2 amide bonds. The lowest BCUT2D eigenvalue weighted by atomic mass is 10.2. The molecule has 0 unspecified atom stereocenters.